The van der Waals surface area contributed by atoms with Crippen LogP contribution in [0.2, 0.25) is 0 Å². The highest BCUT2D eigenvalue weighted by molar-refractivity contribution is 9.26. The molecule has 0 amide bonds. The van der Waals surface area contributed by atoms with E-state index >= 15 is 0 Å². The van der Waals surface area contributed by atoms with Crippen LogP contribution < -0.4 is 0 Å². The lowest BCUT2D eigenvalue weighted by atomic mass is 10.1. The van der Waals surface area contributed by atoms with Gasteiger partial charge in [0.15, 0.2) is 0 Å². The summed E-state index contributed by atoms with van der Waals surface area (Å²) >= 11 is 4.42. The van der Waals surface area contributed by atoms with Crippen LogP contribution in [-0.4, -0.2) is 21.6 Å². The minimum absolute atomic E-state index is 0. The number of rotatable bonds is 4. The van der Waals surface area contributed by atoms with Crippen molar-refractivity contribution in [2.45, 2.75) is 0 Å². The van der Waals surface area contributed by atoms with Crippen LogP contribution in [0.4, 0.5) is 0 Å². The van der Waals surface area contributed by atoms with Crippen LogP contribution >= 0.6 is 54.8 Å². The molecule has 4 aromatic carbocycles. The van der Waals surface area contributed by atoms with Crippen molar-refractivity contribution in [3.05, 3.63) is 94.5 Å². The van der Waals surface area contributed by atoms with Crippen molar-refractivity contribution < 1.29 is 9.59 Å². The Morgan fingerprint density at radius 2 is 1.07 bits per heavy atom. The van der Waals surface area contributed by atoms with E-state index in [4.69, 9.17) is 0 Å². The maximum absolute atomic E-state index is 12.9. The quantitative estimate of drug-likeness (QED) is 0.245. The molecule has 0 aliphatic carbocycles. The second-order valence-corrected chi connectivity index (χ2v) is 11.8. The third-order valence-corrected chi connectivity index (χ3v) is 9.16. The molecule has 0 aliphatic heterocycles. The van der Waals surface area contributed by atoms with Crippen LogP contribution in [0.25, 0.3) is 21.5 Å². The number of hydrogen-bond donors (Lipinski definition) is 0. The van der Waals surface area contributed by atoms with E-state index in [0.717, 1.165) is 26.0 Å². The van der Waals surface area contributed by atoms with Gasteiger partial charge in [-0.25, -0.2) is 0 Å². The molecule has 4 rings (SSSR count). The number of fused-ring (bicyclic) bond motifs is 2. The van der Waals surface area contributed by atoms with Gasteiger partial charge in [0.1, 0.15) is 9.29 Å². The molecule has 0 heterocycles. The van der Waals surface area contributed by atoms with E-state index in [2.05, 4.69) is 30.0 Å². The molecular weight excluding hydrogens is 554 g/mol. The summed E-state index contributed by atoms with van der Waals surface area (Å²) < 4.78 is 0.799. The average Bonchev–Trinajstić information content (AvgIpc) is 2.71. The number of halogens is 4. The van der Waals surface area contributed by atoms with E-state index in [-0.39, 0.29) is 34.1 Å². The average molecular weight is 569 g/mol. The summed E-state index contributed by atoms with van der Waals surface area (Å²) in [5.41, 5.74) is 1.16. The Morgan fingerprint density at radius 3 is 1.69 bits per heavy atom. The Labute approximate surface area is 200 Å². The van der Waals surface area contributed by atoms with Crippen LogP contribution in [0.3, 0.4) is 0 Å². The minimum Gasteiger partial charge on any atom is -0.313 e. The predicted octanol–water partition coefficient (Wildman–Crippen LogP) is 7.13. The van der Waals surface area contributed by atoms with Crippen molar-refractivity contribution >= 4 is 98.0 Å². The summed E-state index contributed by atoms with van der Waals surface area (Å²) in [4.78, 5) is 25.8. The van der Waals surface area contributed by atoms with E-state index in [1.165, 1.54) is 0 Å². The van der Waals surface area contributed by atoms with Gasteiger partial charge < -0.3 is 9.59 Å². The third-order valence-electron chi connectivity index (χ3n) is 4.58. The van der Waals surface area contributed by atoms with E-state index in [1.54, 1.807) is 12.1 Å². The predicted molar refractivity (Wildman–Crippen MR) is 133 cm³/mol. The highest BCUT2D eigenvalue weighted by Crippen LogP contribution is 2.23. The molecule has 0 radical (unpaired) electrons. The van der Waals surface area contributed by atoms with Crippen molar-refractivity contribution in [2.24, 2.45) is 0 Å². The van der Waals surface area contributed by atoms with Gasteiger partial charge in [0.25, 0.3) is 0 Å². The summed E-state index contributed by atoms with van der Waals surface area (Å²) in [6.45, 7) is 0. The largest absolute Gasteiger partial charge is 0.560 e. The summed E-state index contributed by atoms with van der Waals surface area (Å²) in [5, 5.41) is 4.11. The molecule has 0 aromatic heterocycles. The summed E-state index contributed by atoms with van der Waals surface area (Å²) in [6, 6.07) is 25.0. The van der Waals surface area contributed by atoms with Crippen molar-refractivity contribution in [1.29, 1.82) is 0 Å². The Balaban J connectivity index is 0.00000150. The molecule has 2 nitrogen and oxygen atoms in total. The second kappa shape index (κ2) is 10.2. The van der Waals surface area contributed by atoms with Gasteiger partial charge in [0.2, 0.25) is 0 Å². The van der Waals surface area contributed by atoms with Gasteiger partial charge in [-0.05, 0) is 45.8 Å². The molecule has 146 valence electrons. The van der Waals surface area contributed by atoms with Gasteiger partial charge in [-0.3, -0.25) is 0 Å². The maximum atomic E-state index is 12.9. The second-order valence-electron chi connectivity index (χ2n) is 6.36. The standard InChI is InChI=1S/C11H6BrO.C11H7O.Al.BrH.2ClH/c12-11-4-3-9-5-8(7-13)1-2-10(9)6-11;12-8-9-5-6-10-3-1-2-4-11(10)7-9;;;;/h1-6H;1-7H;;3*1H/q;;+1;;;/p-1. The molecule has 0 spiro atoms. The first-order valence-electron chi connectivity index (χ1n) is 8.43. The highest BCUT2D eigenvalue weighted by atomic mass is 79.9. The Bertz CT molecular complexity index is 1210. The monoisotopic (exact) mass is 566 g/mol. The molecule has 0 atom stereocenters. The summed E-state index contributed by atoms with van der Waals surface area (Å²) in [5.74, 6) is 0. The molecule has 7 heteroatoms. The summed E-state index contributed by atoms with van der Waals surface area (Å²) in [7, 11) is 0. The van der Waals surface area contributed by atoms with Crippen LogP contribution in [0.1, 0.15) is 20.7 Å². The minimum atomic E-state index is -2.49. The Morgan fingerprint density at radius 1 is 0.621 bits per heavy atom. The fraction of sp³-hybridized carbons (Fsp3) is 0. The highest BCUT2D eigenvalue weighted by Gasteiger charge is 2.35. The number of carbonyl (C=O) groups excluding carboxylic acids is 2. The molecule has 29 heavy (non-hydrogen) atoms. The number of benzene rings is 4. The lowest BCUT2D eigenvalue weighted by Crippen LogP contribution is -2.30. The van der Waals surface area contributed by atoms with Gasteiger partial charge in [0.05, 0.1) is 0 Å². The van der Waals surface area contributed by atoms with Crippen molar-refractivity contribution in [3.63, 3.8) is 0 Å². The van der Waals surface area contributed by atoms with Gasteiger partial charge in [-0.2, -0.15) is 14.1 Å². The molecule has 4 aromatic rings. The van der Waals surface area contributed by atoms with E-state index in [1.807, 2.05) is 66.7 Å². The lowest BCUT2D eigenvalue weighted by Gasteiger charge is -2.07. The molecule has 0 saturated heterocycles. The Hall–Kier alpha value is -1.19. The van der Waals surface area contributed by atoms with Crippen LogP contribution in [0, 0.1) is 0 Å². The third kappa shape index (κ3) is 5.11. The molecule has 0 unspecified atom stereocenters. The SMILES string of the molecule is Cl.Cl.O=[C](c1ccc2ccccc2c1)[Al]([Br])[C](=O)c1ccc2cc(Br)ccc2c1. The lowest BCUT2D eigenvalue weighted by molar-refractivity contribution is 0.104. The zero-order valence-electron chi connectivity index (χ0n) is 15.0. The molecule has 0 fully saturated rings. The van der Waals surface area contributed by atoms with Crippen LogP contribution in [-0.2, 0) is 0 Å². The number of hydrogen-bond acceptors (Lipinski definition) is 2. The first-order valence-corrected chi connectivity index (χ1v) is 13.6. The van der Waals surface area contributed by atoms with Gasteiger partial charge in [-0.1, -0.05) is 70.5 Å². The van der Waals surface area contributed by atoms with Crippen LogP contribution in [0.5, 0.6) is 0 Å². The Kier molecular flexibility index (Phi) is 8.49. The maximum Gasteiger partial charge on any atom is 0.560 e. The van der Waals surface area contributed by atoms with Crippen LogP contribution in [0.15, 0.2) is 83.3 Å². The van der Waals surface area contributed by atoms with Gasteiger partial charge in [-0.15, -0.1) is 24.8 Å². The zero-order valence-corrected chi connectivity index (χ0v) is 20.9. The van der Waals surface area contributed by atoms with E-state index < -0.39 is 12.3 Å². The molecule has 0 bridgehead atoms. The van der Waals surface area contributed by atoms with E-state index in [0.29, 0.717) is 11.1 Å². The smallest absolute Gasteiger partial charge is 0.313 e. The molecule has 0 saturated carbocycles. The summed E-state index contributed by atoms with van der Waals surface area (Å²) in [6.07, 6.45) is 0. The number of carbonyl (C=O) groups is 2. The van der Waals surface area contributed by atoms with E-state index in [9.17, 15) is 9.59 Å². The fourth-order valence-electron chi connectivity index (χ4n) is 3.12. The van der Waals surface area contributed by atoms with Crippen molar-refractivity contribution in [3.8, 4) is 0 Å². The normalized spacial score (nSPS) is 10.1. The topological polar surface area (TPSA) is 34.1 Å². The van der Waals surface area contributed by atoms with Gasteiger partial charge >= 0.3 is 12.3 Å². The fourth-order valence-corrected chi connectivity index (χ4v) is 6.27. The molecule has 0 N–H and O–H groups in total. The first-order chi connectivity index (χ1) is 13.0. The zero-order chi connectivity index (χ0) is 19.0. The molecular formula is C22H15AlBr2Cl2O2. The molecule has 0 aliphatic rings. The van der Waals surface area contributed by atoms with Gasteiger partial charge in [0, 0.05) is 15.6 Å². The first kappa shape index (κ1) is 24.1. The van der Waals surface area contributed by atoms with Crippen molar-refractivity contribution in [2.75, 3.05) is 0 Å². The van der Waals surface area contributed by atoms with Crippen molar-refractivity contribution in [1.82, 2.24) is 0 Å².